The van der Waals surface area contributed by atoms with Crippen molar-refractivity contribution in [2.24, 2.45) is 5.41 Å². The number of carbonyl (C=O) groups is 1. The van der Waals surface area contributed by atoms with Crippen molar-refractivity contribution in [1.29, 1.82) is 0 Å². The van der Waals surface area contributed by atoms with Gasteiger partial charge in [-0.1, -0.05) is 20.8 Å². The molecule has 0 aromatic carbocycles. The van der Waals surface area contributed by atoms with Crippen molar-refractivity contribution >= 4 is 5.97 Å². The maximum Gasteiger partial charge on any atom is 0.323 e. The monoisotopic (exact) mass is 230 g/mol. The number of rotatable bonds is 6. The van der Waals surface area contributed by atoms with Crippen molar-refractivity contribution < 1.29 is 9.90 Å². The number of carboxylic acids is 1. The Labute approximate surface area is 99.0 Å². The van der Waals surface area contributed by atoms with Crippen LogP contribution in [0.3, 0.4) is 0 Å². The summed E-state index contributed by atoms with van der Waals surface area (Å²) in [7, 11) is 3.72. The van der Waals surface area contributed by atoms with E-state index in [2.05, 4.69) is 31.0 Å². The molecule has 0 aromatic heterocycles. The van der Waals surface area contributed by atoms with E-state index >= 15 is 0 Å². The second-order valence-electron chi connectivity index (χ2n) is 5.94. The molecule has 0 spiro atoms. The molecule has 0 aliphatic carbocycles. The van der Waals surface area contributed by atoms with Gasteiger partial charge in [0.2, 0.25) is 0 Å². The first kappa shape index (κ1) is 15.4. The molecule has 0 saturated carbocycles. The molecule has 1 unspecified atom stereocenters. The first-order valence-corrected chi connectivity index (χ1v) is 5.71. The highest BCUT2D eigenvalue weighted by atomic mass is 16.4. The molecule has 2 N–H and O–H groups in total. The fourth-order valence-corrected chi connectivity index (χ4v) is 1.64. The third-order valence-electron chi connectivity index (χ3n) is 2.76. The number of hydrogen-bond acceptors (Lipinski definition) is 3. The van der Waals surface area contributed by atoms with Crippen molar-refractivity contribution in [3.8, 4) is 0 Å². The lowest BCUT2D eigenvalue weighted by Gasteiger charge is -2.30. The van der Waals surface area contributed by atoms with Gasteiger partial charge in [0.1, 0.15) is 5.54 Å². The molecule has 96 valence electrons. The van der Waals surface area contributed by atoms with Crippen LogP contribution < -0.4 is 5.32 Å². The molecule has 0 aliphatic rings. The van der Waals surface area contributed by atoms with Gasteiger partial charge in [-0.3, -0.25) is 4.79 Å². The van der Waals surface area contributed by atoms with Crippen molar-refractivity contribution in [1.82, 2.24) is 10.2 Å². The van der Waals surface area contributed by atoms with Gasteiger partial charge in [-0.2, -0.15) is 0 Å². The summed E-state index contributed by atoms with van der Waals surface area (Å²) >= 11 is 0. The average Bonchev–Trinajstić information content (AvgIpc) is 2.11. The van der Waals surface area contributed by atoms with Crippen LogP contribution in [0.1, 0.15) is 34.1 Å². The van der Waals surface area contributed by atoms with Crippen LogP contribution in [0.25, 0.3) is 0 Å². The predicted octanol–water partition coefficient (Wildman–Crippen LogP) is 1.42. The molecule has 16 heavy (non-hydrogen) atoms. The fourth-order valence-electron chi connectivity index (χ4n) is 1.64. The summed E-state index contributed by atoms with van der Waals surface area (Å²) in [6.45, 7) is 10.0. The van der Waals surface area contributed by atoms with Crippen molar-refractivity contribution in [2.75, 3.05) is 27.2 Å². The zero-order valence-electron chi connectivity index (χ0n) is 11.4. The van der Waals surface area contributed by atoms with Gasteiger partial charge < -0.3 is 15.3 Å². The smallest absolute Gasteiger partial charge is 0.323 e. The van der Waals surface area contributed by atoms with Crippen LogP contribution in [0.2, 0.25) is 0 Å². The van der Waals surface area contributed by atoms with Gasteiger partial charge in [0.25, 0.3) is 0 Å². The Balaban J connectivity index is 4.18. The zero-order valence-corrected chi connectivity index (χ0v) is 11.4. The predicted molar refractivity (Wildman–Crippen MR) is 66.7 cm³/mol. The maximum absolute atomic E-state index is 11.1. The molecule has 0 saturated heterocycles. The molecule has 0 heterocycles. The van der Waals surface area contributed by atoms with E-state index in [0.29, 0.717) is 6.42 Å². The summed E-state index contributed by atoms with van der Waals surface area (Å²) < 4.78 is 0. The fraction of sp³-hybridized carbons (Fsp3) is 0.917. The van der Waals surface area contributed by atoms with E-state index in [1.54, 1.807) is 14.0 Å². The van der Waals surface area contributed by atoms with E-state index in [0.717, 1.165) is 13.1 Å². The third kappa shape index (κ3) is 5.47. The molecule has 4 heteroatoms. The molecular weight excluding hydrogens is 204 g/mol. The lowest BCUT2D eigenvalue weighted by molar-refractivity contribution is -0.144. The molecule has 0 aromatic rings. The lowest BCUT2D eigenvalue weighted by atomic mass is 9.94. The number of carboxylic acid groups (broad SMARTS) is 1. The second kappa shape index (κ2) is 5.64. The van der Waals surface area contributed by atoms with Crippen molar-refractivity contribution in [3.05, 3.63) is 0 Å². The Bertz CT molecular complexity index is 236. The highest BCUT2D eigenvalue weighted by Gasteiger charge is 2.31. The Hall–Kier alpha value is -0.610. The van der Waals surface area contributed by atoms with Gasteiger partial charge >= 0.3 is 5.97 Å². The first-order chi connectivity index (χ1) is 7.10. The molecular formula is C12H26N2O2. The number of nitrogens with one attached hydrogen (secondary N) is 1. The van der Waals surface area contributed by atoms with Gasteiger partial charge in [0, 0.05) is 13.1 Å². The topological polar surface area (TPSA) is 52.6 Å². The Kier molecular flexibility index (Phi) is 5.42. The quantitative estimate of drug-likeness (QED) is 0.724. The van der Waals surface area contributed by atoms with Gasteiger partial charge in [-0.15, -0.1) is 0 Å². The summed E-state index contributed by atoms with van der Waals surface area (Å²) in [4.78, 5) is 13.2. The van der Waals surface area contributed by atoms with E-state index in [1.807, 2.05) is 7.05 Å². The Morgan fingerprint density at radius 2 is 1.81 bits per heavy atom. The van der Waals surface area contributed by atoms with Crippen LogP contribution in [0.15, 0.2) is 0 Å². The SMILES string of the molecule is CNC(C)(CCN(C)CC(C)(C)C)C(=O)O. The van der Waals surface area contributed by atoms with Crippen LogP contribution in [-0.2, 0) is 4.79 Å². The van der Waals surface area contributed by atoms with Crippen molar-refractivity contribution in [2.45, 2.75) is 39.7 Å². The molecule has 0 amide bonds. The Morgan fingerprint density at radius 1 is 1.31 bits per heavy atom. The lowest BCUT2D eigenvalue weighted by Crippen LogP contribution is -2.49. The van der Waals surface area contributed by atoms with Crippen LogP contribution in [0.4, 0.5) is 0 Å². The van der Waals surface area contributed by atoms with E-state index in [1.165, 1.54) is 0 Å². The van der Waals surface area contributed by atoms with Crippen LogP contribution in [0.5, 0.6) is 0 Å². The van der Waals surface area contributed by atoms with E-state index in [-0.39, 0.29) is 5.41 Å². The molecule has 0 fully saturated rings. The van der Waals surface area contributed by atoms with Crippen LogP contribution in [0, 0.1) is 5.41 Å². The van der Waals surface area contributed by atoms with Gasteiger partial charge in [-0.25, -0.2) is 0 Å². The highest BCUT2D eigenvalue weighted by Crippen LogP contribution is 2.16. The first-order valence-electron chi connectivity index (χ1n) is 5.71. The number of hydrogen-bond donors (Lipinski definition) is 2. The minimum Gasteiger partial charge on any atom is -0.480 e. The molecule has 0 radical (unpaired) electrons. The zero-order chi connectivity index (χ0) is 13.0. The normalized spacial score (nSPS) is 16.2. The van der Waals surface area contributed by atoms with E-state index < -0.39 is 11.5 Å². The van der Waals surface area contributed by atoms with Crippen LogP contribution >= 0.6 is 0 Å². The Morgan fingerprint density at radius 3 is 2.12 bits per heavy atom. The summed E-state index contributed by atoms with van der Waals surface area (Å²) in [5, 5.41) is 12.0. The second-order valence-corrected chi connectivity index (χ2v) is 5.94. The number of likely N-dealkylation sites (N-methyl/N-ethyl adjacent to an activating group) is 1. The molecule has 0 bridgehead atoms. The number of nitrogens with zero attached hydrogens (tertiary/aromatic N) is 1. The molecule has 0 aliphatic heterocycles. The minimum atomic E-state index is -0.827. The summed E-state index contributed by atoms with van der Waals surface area (Å²) in [6, 6.07) is 0. The average molecular weight is 230 g/mol. The summed E-state index contributed by atoms with van der Waals surface area (Å²) in [5.41, 5.74) is -0.583. The summed E-state index contributed by atoms with van der Waals surface area (Å²) in [5.74, 6) is -0.792. The van der Waals surface area contributed by atoms with E-state index in [9.17, 15) is 4.79 Å². The van der Waals surface area contributed by atoms with E-state index in [4.69, 9.17) is 5.11 Å². The van der Waals surface area contributed by atoms with Crippen molar-refractivity contribution in [3.63, 3.8) is 0 Å². The van der Waals surface area contributed by atoms with Gasteiger partial charge in [-0.05, 0) is 32.9 Å². The standard InChI is InChI=1S/C12H26N2O2/c1-11(2,3)9-14(6)8-7-12(4,13-5)10(15)16/h13H,7-9H2,1-6H3,(H,15,16). The maximum atomic E-state index is 11.1. The minimum absolute atomic E-state index is 0.244. The number of aliphatic carboxylic acids is 1. The van der Waals surface area contributed by atoms with Gasteiger partial charge in [0.05, 0.1) is 0 Å². The van der Waals surface area contributed by atoms with Crippen LogP contribution in [-0.4, -0.2) is 48.7 Å². The molecule has 0 rings (SSSR count). The highest BCUT2D eigenvalue weighted by molar-refractivity contribution is 5.78. The van der Waals surface area contributed by atoms with Gasteiger partial charge in [0.15, 0.2) is 0 Å². The largest absolute Gasteiger partial charge is 0.480 e. The molecule has 4 nitrogen and oxygen atoms in total. The molecule has 1 atom stereocenters. The summed E-state index contributed by atoms with van der Waals surface area (Å²) in [6.07, 6.45) is 0.603. The third-order valence-corrected chi connectivity index (χ3v) is 2.76.